The van der Waals surface area contributed by atoms with E-state index in [9.17, 15) is 22.8 Å². The van der Waals surface area contributed by atoms with Crippen molar-refractivity contribution in [3.63, 3.8) is 0 Å². The number of carbonyl (C=O) groups is 2. The molecule has 0 bridgehead atoms. The van der Waals surface area contributed by atoms with Crippen molar-refractivity contribution in [3.8, 4) is 0 Å². The summed E-state index contributed by atoms with van der Waals surface area (Å²) in [7, 11) is 1.55. The van der Waals surface area contributed by atoms with Gasteiger partial charge in [-0.2, -0.15) is 5.10 Å². The van der Waals surface area contributed by atoms with Crippen molar-refractivity contribution in [2.24, 2.45) is 0 Å². The number of hydrogen-bond acceptors (Lipinski definition) is 4. The molecule has 4 rings (SSSR count). The molecule has 1 N–H and O–H groups in total. The number of fused-ring (bicyclic) bond motifs is 1. The third-order valence-electron chi connectivity index (χ3n) is 5.35. The lowest BCUT2D eigenvalue weighted by atomic mass is 10.2. The Kier molecular flexibility index (Phi) is 5.14. The first kappa shape index (κ1) is 20.2. The molecule has 30 heavy (non-hydrogen) atoms. The van der Waals surface area contributed by atoms with E-state index >= 15 is 0 Å². The van der Waals surface area contributed by atoms with Crippen LogP contribution in [0.25, 0.3) is 0 Å². The number of nitrogens with zero attached hydrogens (tertiary/aromatic N) is 4. The number of anilines is 2. The molecule has 1 aromatic carbocycles. The van der Waals surface area contributed by atoms with Crippen LogP contribution in [0.5, 0.6) is 0 Å². The smallest absolute Gasteiger partial charge is 0.322 e. The molecule has 2 aliphatic rings. The summed E-state index contributed by atoms with van der Waals surface area (Å²) in [5, 5.41) is 6.87. The first-order valence-electron chi connectivity index (χ1n) is 9.39. The van der Waals surface area contributed by atoms with Gasteiger partial charge in [-0.3, -0.25) is 14.4 Å². The third-order valence-corrected chi connectivity index (χ3v) is 5.35. The zero-order valence-electron chi connectivity index (χ0n) is 16.4. The number of halogens is 3. The Balaban J connectivity index is 1.50. The van der Waals surface area contributed by atoms with Gasteiger partial charge in [0, 0.05) is 31.0 Å². The summed E-state index contributed by atoms with van der Waals surface area (Å²) >= 11 is 0. The van der Waals surface area contributed by atoms with Crippen molar-refractivity contribution in [2.45, 2.75) is 38.6 Å². The molecule has 3 heterocycles. The van der Waals surface area contributed by atoms with Crippen LogP contribution < -0.4 is 10.2 Å². The summed E-state index contributed by atoms with van der Waals surface area (Å²) in [5.41, 5.74) is 0.528. The maximum absolute atomic E-state index is 13.4. The van der Waals surface area contributed by atoms with Crippen molar-refractivity contribution in [1.29, 1.82) is 0 Å². The Hall–Kier alpha value is -3.08. The van der Waals surface area contributed by atoms with Gasteiger partial charge in [0.15, 0.2) is 23.3 Å². The molecule has 1 aromatic heterocycles. The number of aromatic nitrogens is 2. The third kappa shape index (κ3) is 3.60. The molecule has 0 saturated carbocycles. The van der Waals surface area contributed by atoms with Gasteiger partial charge in [-0.05, 0) is 6.92 Å². The largest absolute Gasteiger partial charge is 0.379 e. The van der Waals surface area contributed by atoms with Crippen molar-refractivity contribution in [2.75, 3.05) is 23.9 Å². The summed E-state index contributed by atoms with van der Waals surface area (Å²) < 4.78 is 46.9. The molecule has 8 nitrogen and oxygen atoms in total. The molecular weight excluding hydrogens is 403 g/mol. The minimum Gasteiger partial charge on any atom is -0.379 e. The molecule has 1 saturated heterocycles. The van der Waals surface area contributed by atoms with Crippen molar-refractivity contribution in [3.05, 3.63) is 41.3 Å². The fourth-order valence-electron chi connectivity index (χ4n) is 3.69. The van der Waals surface area contributed by atoms with Gasteiger partial charge in [0.1, 0.15) is 0 Å². The molecule has 0 spiro atoms. The second-order valence-electron chi connectivity index (χ2n) is 7.40. The van der Waals surface area contributed by atoms with E-state index in [0.29, 0.717) is 24.6 Å². The monoisotopic (exact) mass is 423 g/mol. The Morgan fingerprint density at radius 3 is 2.53 bits per heavy atom. The second kappa shape index (κ2) is 7.63. The molecule has 2 aromatic rings. The summed E-state index contributed by atoms with van der Waals surface area (Å²) in [6.07, 6.45) is 0.0999. The minimum absolute atomic E-state index is 0.0830. The number of urea groups is 1. The number of rotatable bonds is 3. The van der Waals surface area contributed by atoms with Crippen LogP contribution in [0.1, 0.15) is 19.0 Å². The number of nitrogens with one attached hydrogen (secondary N) is 1. The molecule has 3 amide bonds. The Labute approximate surface area is 170 Å². The van der Waals surface area contributed by atoms with Gasteiger partial charge in [0.2, 0.25) is 5.91 Å². The van der Waals surface area contributed by atoms with E-state index in [-0.39, 0.29) is 36.7 Å². The SMILES string of the molecule is CO[C@@H]1CC(=O)N(c2cc3n(n2)CC(C)N(C(=O)Nc2cc(F)c(F)c(F)c2)C3)C1. The number of benzene rings is 1. The fourth-order valence-corrected chi connectivity index (χ4v) is 3.69. The number of amides is 3. The van der Waals surface area contributed by atoms with E-state index in [1.54, 1.807) is 29.7 Å². The molecule has 1 unspecified atom stereocenters. The number of methoxy groups -OCH3 is 1. The first-order chi connectivity index (χ1) is 14.3. The first-order valence-corrected chi connectivity index (χ1v) is 9.39. The zero-order chi connectivity index (χ0) is 21.6. The van der Waals surface area contributed by atoms with Crippen molar-refractivity contribution < 1.29 is 27.5 Å². The van der Waals surface area contributed by atoms with Gasteiger partial charge in [-0.1, -0.05) is 0 Å². The van der Waals surface area contributed by atoms with E-state index in [4.69, 9.17) is 4.74 Å². The lowest BCUT2D eigenvalue weighted by Crippen LogP contribution is -2.46. The summed E-state index contributed by atoms with van der Waals surface area (Å²) in [4.78, 5) is 27.9. The maximum Gasteiger partial charge on any atom is 0.322 e. The highest BCUT2D eigenvalue weighted by molar-refractivity contribution is 5.95. The molecule has 2 aliphatic heterocycles. The highest BCUT2D eigenvalue weighted by Crippen LogP contribution is 2.27. The number of hydrogen-bond donors (Lipinski definition) is 1. The van der Waals surface area contributed by atoms with Crippen LogP contribution in [-0.2, 0) is 22.6 Å². The van der Waals surface area contributed by atoms with E-state index in [1.165, 1.54) is 4.90 Å². The molecule has 0 radical (unpaired) electrons. The van der Waals surface area contributed by atoms with E-state index in [1.807, 2.05) is 0 Å². The van der Waals surface area contributed by atoms with E-state index < -0.39 is 23.5 Å². The van der Waals surface area contributed by atoms with Crippen LogP contribution in [0.3, 0.4) is 0 Å². The van der Waals surface area contributed by atoms with E-state index in [0.717, 1.165) is 12.1 Å². The molecular formula is C19H20F3N5O3. The standard InChI is InChI=1S/C19H20F3N5O3/c1-10-7-27-12(5-16(24-27)26-9-13(30-2)6-17(26)28)8-25(10)19(29)23-11-3-14(20)18(22)15(21)4-11/h3-5,10,13H,6-9H2,1-2H3,(H,23,29)/t10?,13-/m1/s1. The van der Waals surface area contributed by atoms with Gasteiger partial charge >= 0.3 is 6.03 Å². The predicted octanol–water partition coefficient (Wildman–Crippen LogP) is 2.49. The fraction of sp³-hybridized carbons (Fsp3) is 0.421. The Morgan fingerprint density at radius 1 is 1.20 bits per heavy atom. The van der Waals surface area contributed by atoms with Crippen LogP contribution in [0.4, 0.5) is 29.5 Å². The van der Waals surface area contributed by atoms with Gasteiger partial charge < -0.3 is 15.0 Å². The number of carbonyl (C=O) groups excluding carboxylic acids is 2. The van der Waals surface area contributed by atoms with Crippen LogP contribution in [0.2, 0.25) is 0 Å². The summed E-state index contributed by atoms with van der Waals surface area (Å²) in [5.74, 6) is -3.95. The quantitative estimate of drug-likeness (QED) is 0.770. The average molecular weight is 423 g/mol. The van der Waals surface area contributed by atoms with Crippen LogP contribution in [-0.4, -0.2) is 52.4 Å². The topological polar surface area (TPSA) is 79.7 Å². The van der Waals surface area contributed by atoms with Gasteiger partial charge in [0.05, 0.1) is 43.9 Å². The van der Waals surface area contributed by atoms with Gasteiger partial charge in [0.25, 0.3) is 0 Å². The van der Waals surface area contributed by atoms with E-state index in [2.05, 4.69) is 10.4 Å². The minimum atomic E-state index is -1.59. The molecule has 1 fully saturated rings. The molecule has 160 valence electrons. The van der Waals surface area contributed by atoms with Crippen LogP contribution in [0.15, 0.2) is 18.2 Å². The Bertz CT molecular complexity index is 988. The predicted molar refractivity (Wildman–Crippen MR) is 100 cm³/mol. The highest BCUT2D eigenvalue weighted by atomic mass is 19.2. The molecule has 0 aliphatic carbocycles. The average Bonchev–Trinajstić information content (AvgIpc) is 3.27. The van der Waals surface area contributed by atoms with Crippen LogP contribution in [0, 0.1) is 17.5 Å². The maximum atomic E-state index is 13.4. The second-order valence-corrected chi connectivity index (χ2v) is 7.40. The lowest BCUT2D eigenvalue weighted by molar-refractivity contribution is -0.117. The lowest BCUT2D eigenvalue weighted by Gasteiger charge is -2.33. The Morgan fingerprint density at radius 2 is 1.90 bits per heavy atom. The zero-order valence-corrected chi connectivity index (χ0v) is 16.4. The molecule has 2 atom stereocenters. The van der Waals surface area contributed by atoms with Crippen LogP contribution >= 0.6 is 0 Å². The normalized spacial score (nSPS) is 21.2. The summed E-state index contributed by atoms with van der Waals surface area (Å²) in [6, 6.07) is 2.32. The molecule has 11 heteroatoms. The van der Waals surface area contributed by atoms with Gasteiger partial charge in [-0.25, -0.2) is 18.0 Å². The number of ether oxygens (including phenoxy) is 1. The van der Waals surface area contributed by atoms with Crippen molar-refractivity contribution in [1.82, 2.24) is 14.7 Å². The highest BCUT2D eigenvalue weighted by Gasteiger charge is 2.34. The summed E-state index contributed by atoms with van der Waals surface area (Å²) in [6.45, 7) is 2.78. The van der Waals surface area contributed by atoms with Gasteiger partial charge in [-0.15, -0.1) is 0 Å². The van der Waals surface area contributed by atoms with Crippen molar-refractivity contribution >= 4 is 23.4 Å².